The summed E-state index contributed by atoms with van der Waals surface area (Å²) in [5, 5.41) is 3.39. The molecule has 1 aliphatic rings. The van der Waals surface area contributed by atoms with Gasteiger partial charge in [-0.25, -0.2) is 0 Å². The predicted octanol–water partition coefficient (Wildman–Crippen LogP) is 3.98. The van der Waals surface area contributed by atoms with Crippen LogP contribution in [-0.2, 0) is 4.79 Å². The summed E-state index contributed by atoms with van der Waals surface area (Å²) in [7, 11) is 0. The highest BCUT2D eigenvalue weighted by Gasteiger charge is 2.19. The smallest absolute Gasteiger partial charge is 0.222 e. The molecule has 0 aliphatic carbocycles. The SMILES string of the molecule is CCCCCCCCCC(=O)N(CC)CC1CCNCC1. The summed E-state index contributed by atoms with van der Waals surface area (Å²) in [5.41, 5.74) is 0. The number of rotatable bonds is 11. The Labute approximate surface area is 131 Å². The second-order valence-electron chi connectivity index (χ2n) is 6.50. The van der Waals surface area contributed by atoms with Gasteiger partial charge in [-0.2, -0.15) is 0 Å². The van der Waals surface area contributed by atoms with Gasteiger partial charge in [0.05, 0.1) is 0 Å². The molecule has 0 atom stereocenters. The van der Waals surface area contributed by atoms with Crippen molar-refractivity contribution in [3.8, 4) is 0 Å². The zero-order valence-corrected chi connectivity index (χ0v) is 14.3. The molecule has 3 nitrogen and oxygen atoms in total. The Morgan fingerprint density at radius 1 is 1.00 bits per heavy atom. The van der Waals surface area contributed by atoms with E-state index in [1.165, 1.54) is 51.4 Å². The van der Waals surface area contributed by atoms with Gasteiger partial charge >= 0.3 is 0 Å². The molecule has 0 aromatic carbocycles. The lowest BCUT2D eigenvalue weighted by molar-refractivity contribution is -0.131. The van der Waals surface area contributed by atoms with E-state index in [4.69, 9.17) is 0 Å². The molecule has 1 amide bonds. The Bertz CT molecular complexity index is 262. The van der Waals surface area contributed by atoms with Gasteiger partial charge in [-0.3, -0.25) is 4.79 Å². The van der Waals surface area contributed by atoms with Crippen LogP contribution in [-0.4, -0.2) is 37.0 Å². The van der Waals surface area contributed by atoms with Gasteiger partial charge in [-0.15, -0.1) is 0 Å². The number of nitrogens with one attached hydrogen (secondary N) is 1. The van der Waals surface area contributed by atoms with Crippen molar-refractivity contribution in [2.24, 2.45) is 5.92 Å². The maximum absolute atomic E-state index is 12.3. The highest BCUT2D eigenvalue weighted by atomic mass is 16.2. The molecule has 0 saturated carbocycles. The van der Waals surface area contributed by atoms with E-state index in [1.54, 1.807) is 0 Å². The second-order valence-corrected chi connectivity index (χ2v) is 6.50. The normalized spacial score (nSPS) is 16.1. The van der Waals surface area contributed by atoms with Crippen LogP contribution in [0.2, 0.25) is 0 Å². The van der Waals surface area contributed by atoms with Crippen molar-refractivity contribution in [1.82, 2.24) is 10.2 Å². The third-order valence-corrected chi connectivity index (χ3v) is 4.67. The van der Waals surface area contributed by atoms with Gasteiger partial charge in [0.25, 0.3) is 0 Å². The van der Waals surface area contributed by atoms with Crippen LogP contribution in [0.5, 0.6) is 0 Å². The average Bonchev–Trinajstić information content (AvgIpc) is 2.52. The average molecular weight is 296 g/mol. The lowest BCUT2D eigenvalue weighted by Crippen LogP contribution is -2.39. The van der Waals surface area contributed by atoms with Gasteiger partial charge in [-0.1, -0.05) is 45.4 Å². The van der Waals surface area contributed by atoms with Crippen LogP contribution >= 0.6 is 0 Å². The lowest BCUT2D eigenvalue weighted by Gasteiger charge is -2.29. The molecule has 124 valence electrons. The van der Waals surface area contributed by atoms with E-state index in [1.807, 2.05) is 0 Å². The number of piperidine rings is 1. The molecule has 1 N–H and O–H groups in total. The fourth-order valence-electron chi connectivity index (χ4n) is 3.17. The minimum Gasteiger partial charge on any atom is -0.343 e. The first kappa shape index (κ1) is 18.5. The van der Waals surface area contributed by atoms with Crippen molar-refractivity contribution in [2.75, 3.05) is 26.2 Å². The van der Waals surface area contributed by atoms with Crippen LogP contribution in [0.15, 0.2) is 0 Å². The minimum absolute atomic E-state index is 0.379. The molecule has 0 spiro atoms. The number of carbonyl (C=O) groups excluding carboxylic acids is 1. The topological polar surface area (TPSA) is 32.3 Å². The molecule has 1 saturated heterocycles. The fourth-order valence-corrected chi connectivity index (χ4v) is 3.17. The number of hydrogen-bond acceptors (Lipinski definition) is 2. The van der Waals surface area contributed by atoms with Crippen molar-refractivity contribution in [2.45, 2.75) is 78.1 Å². The van der Waals surface area contributed by atoms with E-state index in [0.717, 1.165) is 39.0 Å². The quantitative estimate of drug-likeness (QED) is 0.585. The number of nitrogens with zero attached hydrogens (tertiary/aromatic N) is 1. The zero-order valence-electron chi connectivity index (χ0n) is 14.3. The maximum Gasteiger partial charge on any atom is 0.222 e. The summed E-state index contributed by atoms with van der Waals surface area (Å²) < 4.78 is 0. The van der Waals surface area contributed by atoms with Crippen molar-refractivity contribution in [3.05, 3.63) is 0 Å². The van der Waals surface area contributed by atoms with E-state index in [2.05, 4.69) is 24.1 Å². The molecule has 0 aromatic rings. The van der Waals surface area contributed by atoms with E-state index in [-0.39, 0.29) is 0 Å². The van der Waals surface area contributed by atoms with E-state index < -0.39 is 0 Å². The van der Waals surface area contributed by atoms with Crippen molar-refractivity contribution in [1.29, 1.82) is 0 Å². The Morgan fingerprint density at radius 2 is 1.62 bits per heavy atom. The highest BCUT2D eigenvalue weighted by Crippen LogP contribution is 2.15. The van der Waals surface area contributed by atoms with Crippen molar-refractivity contribution >= 4 is 5.91 Å². The van der Waals surface area contributed by atoms with Crippen LogP contribution in [0.25, 0.3) is 0 Å². The lowest BCUT2D eigenvalue weighted by atomic mass is 9.97. The third-order valence-electron chi connectivity index (χ3n) is 4.67. The molecular formula is C18H36N2O. The molecule has 1 rings (SSSR count). The van der Waals surface area contributed by atoms with E-state index in [9.17, 15) is 4.79 Å². The molecule has 1 heterocycles. The molecule has 0 unspecified atom stereocenters. The number of hydrogen-bond donors (Lipinski definition) is 1. The molecule has 21 heavy (non-hydrogen) atoms. The summed E-state index contributed by atoms with van der Waals surface area (Å²) in [4.78, 5) is 14.4. The minimum atomic E-state index is 0.379. The van der Waals surface area contributed by atoms with Gasteiger partial charge in [0, 0.05) is 19.5 Å². The number of unbranched alkanes of at least 4 members (excludes halogenated alkanes) is 6. The number of amides is 1. The molecule has 3 heteroatoms. The first-order valence-electron chi connectivity index (χ1n) is 9.26. The standard InChI is InChI=1S/C18H36N2O/c1-3-5-6-7-8-9-10-11-18(21)20(4-2)16-17-12-14-19-15-13-17/h17,19H,3-16H2,1-2H3. The summed E-state index contributed by atoms with van der Waals surface area (Å²) in [6.07, 6.45) is 12.2. The molecule has 0 radical (unpaired) electrons. The van der Waals surface area contributed by atoms with Crippen LogP contribution in [0.3, 0.4) is 0 Å². The van der Waals surface area contributed by atoms with Gasteiger partial charge < -0.3 is 10.2 Å². The number of carbonyl (C=O) groups is 1. The van der Waals surface area contributed by atoms with Crippen LogP contribution in [0.1, 0.15) is 78.1 Å². The van der Waals surface area contributed by atoms with Gasteiger partial charge in [-0.05, 0) is 45.2 Å². The van der Waals surface area contributed by atoms with Crippen molar-refractivity contribution < 1.29 is 4.79 Å². The fraction of sp³-hybridized carbons (Fsp3) is 0.944. The van der Waals surface area contributed by atoms with E-state index >= 15 is 0 Å². The molecule has 1 aliphatic heterocycles. The van der Waals surface area contributed by atoms with Gasteiger partial charge in [0.1, 0.15) is 0 Å². The van der Waals surface area contributed by atoms with E-state index in [0.29, 0.717) is 11.8 Å². The Kier molecular flexibility index (Phi) is 10.6. The summed E-state index contributed by atoms with van der Waals surface area (Å²) in [6.45, 7) is 8.46. The first-order chi connectivity index (χ1) is 10.3. The Balaban J connectivity index is 2.10. The first-order valence-corrected chi connectivity index (χ1v) is 9.26. The predicted molar refractivity (Wildman–Crippen MR) is 90.5 cm³/mol. The third kappa shape index (κ3) is 8.45. The molecular weight excluding hydrogens is 260 g/mol. The molecule has 0 bridgehead atoms. The van der Waals surface area contributed by atoms with Gasteiger partial charge in [0.15, 0.2) is 0 Å². The van der Waals surface area contributed by atoms with Crippen LogP contribution in [0.4, 0.5) is 0 Å². The summed E-state index contributed by atoms with van der Waals surface area (Å²) in [5.74, 6) is 1.09. The monoisotopic (exact) mass is 296 g/mol. The molecule has 0 aromatic heterocycles. The Morgan fingerprint density at radius 3 is 2.24 bits per heavy atom. The summed E-state index contributed by atoms with van der Waals surface area (Å²) >= 11 is 0. The second kappa shape index (κ2) is 12.0. The maximum atomic E-state index is 12.3. The van der Waals surface area contributed by atoms with Crippen LogP contribution < -0.4 is 5.32 Å². The zero-order chi connectivity index (χ0) is 15.3. The summed E-state index contributed by atoms with van der Waals surface area (Å²) in [6, 6.07) is 0. The Hall–Kier alpha value is -0.570. The largest absolute Gasteiger partial charge is 0.343 e. The van der Waals surface area contributed by atoms with Gasteiger partial charge in [0.2, 0.25) is 5.91 Å². The van der Waals surface area contributed by atoms with Crippen molar-refractivity contribution in [3.63, 3.8) is 0 Å². The molecule has 1 fully saturated rings. The van der Waals surface area contributed by atoms with Crippen LogP contribution in [0, 0.1) is 5.92 Å². The highest BCUT2D eigenvalue weighted by molar-refractivity contribution is 5.76.